The van der Waals surface area contributed by atoms with Crippen molar-refractivity contribution in [2.75, 3.05) is 0 Å². The lowest BCUT2D eigenvalue weighted by atomic mass is 9.71. The van der Waals surface area contributed by atoms with Gasteiger partial charge >= 0.3 is 5.97 Å². The van der Waals surface area contributed by atoms with E-state index in [2.05, 4.69) is 34.6 Å². The van der Waals surface area contributed by atoms with Crippen molar-refractivity contribution >= 4 is 5.97 Å². The van der Waals surface area contributed by atoms with E-state index in [0.29, 0.717) is 12.2 Å². The van der Waals surface area contributed by atoms with Gasteiger partial charge in [-0.1, -0.05) is 40.7 Å². The minimum atomic E-state index is -0.794. The number of benzene rings is 1. The van der Waals surface area contributed by atoms with Gasteiger partial charge in [-0.15, -0.1) is 0 Å². The smallest absolute Gasteiger partial charge is 0.303 e. The molecule has 1 rings (SSSR count). The molecule has 0 heterocycles. The van der Waals surface area contributed by atoms with Crippen LogP contribution in [0.25, 0.3) is 0 Å². The summed E-state index contributed by atoms with van der Waals surface area (Å²) in [6.07, 6.45) is 1.56. The SMILES string of the molecule is Cc1cc(O)c(C(C)(C)CC(C)(C)C)cc1CCC(=O)O. The molecule has 0 unspecified atom stereocenters. The summed E-state index contributed by atoms with van der Waals surface area (Å²) in [4.78, 5) is 10.8. The summed E-state index contributed by atoms with van der Waals surface area (Å²) in [6.45, 7) is 12.7. The van der Waals surface area contributed by atoms with Crippen LogP contribution in [0.1, 0.15) is 64.2 Å². The van der Waals surface area contributed by atoms with Crippen molar-refractivity contribution in [3.05, 3.63) is 28.8 Å². The zero-order valence-corrected chi connectivity index (χ0v) is 14.1. The van der Waals surface area contributed by atoms with Crippen LogP contribution in [0.2, 0.25) is 0 Å². The number of carboxylic acids is 1. The van der Waals surface area contributed by atoms with Crippen LogP contribution in [0, 0.1) is 12.3 Å². The molecule has 1 aromatic rings. The summed E-state index contributed by atoms with van der Waals surface area (Å²) in [5.41, 5.74) is 2.86. The molecular formula is C18H28O3. The predicted molar refractivity (Wildman–Crippen MR) is 85.9 cm³/mol. The highest BCUT2D eigenvalue weighted by molar-refractivity contribution is 5.67. The van der Waals surface area contributed by atoms with Crippen molar-refractivity contribution in [2.45, 2.75) is 66.2 Å². The Balaban J connectivity index is 3.17. The number of hydrogen-bond acceptors (Lipinski definition) is 2. The van der Waals surface area contributed by atoms with Crippen LogP contribution in [0.5, 0.6) is 5.75 Å². The van der Waals surface area contributed by atoms with Crippen molar-refractivity contribution in [2.24, 2.45) is 5.41 Å². The van der Waals surface area contributed by atoms with Crippen LogP contribution in [0.3, 0.4) is 0 Å². The van der Waals surface area contributed by atoms with Crippen LogP contribution in [-0.4, -0.2) is 16.2 Å². The number of rotatable bonds is 5. The largest absolute Gasteiger partial charge is 0.508 e. The molecule has 21 heavy (non-hydrogen) atoms. The number of hydrogen-bond donors (Lipinski definition) is 2. The standard InChI is InChI=1S/C18H28O3/c1-12-9-15(19)14(10-13(12)7-8-16(20)21)18(5,6)11-17(2,3)4/h9-10,19H,7-8,11H2,1-6H3,(H,20,21). The number of aryl methyl sites for hydroxylation is 2. The Hall–Kier alpha value is -1.51. The van der Waals surface area contributed by atoms with Crippen molar-refractivity contribution in [3.8, 4) is 5.75 Å². The second kappa shape index (κ2) is 6.08. The average Bonchev–Trinajstić information content (AvgIpc) is 2.23. The van der Waals surface area contributed by atoms with Crippen molar-refractivity contribution in [1.29, 1.82) is 0 Å². The minimum absolute atomic E-state index is 0.116. The Labute approximate surface area is 128 Å². The summed E-state index contributed by atoms with van der Waals surface area (Å²) in [5.74, 6) is -0.487. The molecule has 0 saturated carbocycles. The molecule has 0 fully saturated rings. The fraction of sp³-hybridized carbons (Fsp3) is 0.611. The van der Waals surface area contributed by atoms with Gasteiger partial charge in [-0.3, -0.25) is 4.79 Å². The molecule has 0 radical (unpaired) electrons. The molecule has 3 nitrogen and oxygen atoms in total. The molecule has 118 valence electrons. The van der Waals surface area contributed by atoms with Crippen LogP contribution in [-0.2, 0) is 16.6 Å². The fourth-order valence-corrected chi connectivity index (χ4v) is 3.21. The highest BCUT2D eigenvalue weighted by Crippen LogP contribution is 2.41. The second-order valence-corrected chi connectivity index (χ2v) is 7.81. The molecule has 0 bridgehead atoms. The molecule has 0 aromatic heterocycles. The van der Waals surface area contributed by atoms with Crippen LogP contribution in [0.4, 0.5) is 0 Å². The summed E-state index contributed by atoms with van der Waals surface area (Å²) in [6, 6.07) is 3.75. The first-order chi connectivity index (χ1) is 9.42. The Morgan fingerprint density at radius 3 is 2.19 bits per heavy atom. The summed E-state index contributed by atoms with van der Waals surface area (Å²) in [5, 5.41) is 19.2. The Kier molecular flexibility index (Phi) is 5.08. The Bertz CT molecular complexity index is 522. The lowest BCUT2D eigenvalue weighted by Crippen LogP contribution is -2.25. The lowest BCUT2D eigenvalue weighted by Gasteiger charge is -2.34. The molecule has 0 amide bonds. The van der Waals surface area contributed by atoms with Crippen molar-refractivity contribution in [1.82, 2.24) is 0 Å². The van der Waals surface area contributed by atoms with Crippen LogP contribution in [0.15, 0.2) is 12.1 Å². The number of carboxylic acid groups (broad SMARTS) is 1. The van der Waals surface area contributed by atoms with Gasteiger partial charge in [0.1, 0.15) is 5.75 Å². The molecule has 0 aliphatic heterocycles. The molecule has 2 N–H and O–H groups in total. The first kappa shape index (κ1) is 17.5. The predicted octanol–water partition coefficient (Wildman–Crippen LogP) is 4.43. The van der Waals surface area contributed by atoms with Crippen LogP contribution >= 0.6 is 0 Å². The van der Waals surface area contributed by atoms with E-state index in [0.717, 1.165) is 23.1 Å². The molecule has 1 aromatic carbocycles. The van der Waals surface area contributed by atoms with Gasteiger partial charge < -0.3 is 10.2 Å². The van der Waals surface area contributed by atoms with Gasteiger partial charge in [0.2, 0.25) is 0 Å². The third-order valence-corrected chi connectivity index (χ3v) is 3.76. The van der Waals surface area contributed by atoms with Gasteiger partial charge in [0, 0.05) is 6.42 Å². The van der Waals surface area contributed by atoms with Crippen molar-refractivity contribution < 1.29 is 15.0 Å². The minimum Gasteiger partial charge on any atom is -0.508 e. The van der Waals surface area contributed by atoms with E-state index < -0.39 is 5.97 Å². The van der Waals surface area contributed by atoms with Gasteiger partial charge in [0.05, 0.1) is 0 Å². The molecule has 0 spiro atoms. The quantitative estimate of drug-likeness (QED) is 0.844. The third-order valence-electron chi connectivity index (χ3n) is 3.76. The number of phenols is 1. The zero-order chi connectivity index (χ0) is 16.4. The Morgan fingerprint density at radius 2 is 1.71 bits per heavy atom. The molecule has 0 aliphatic carbocycles. The lowest BCUT2D eigenvalue weighted by molar-refractivity contribution is -0.136. The monoisotopic (exact) mass is 292 g/mol. The van der Waals surface area contributed by atoms with Gasteiger partial charge in [-0.05, 0) is 53.4 Å². The first-order valence-electron chi connectivity index (χ1n) is 7.47. The molecule has 0 aliphatic rings. The highest BCUT2D eigenvalue weighted by Gasteiger charge is 2.30. The van der Waals surface area contributed by atoms with E-state index >= 15 is 0 Å². The fourth-order valence-electron chi connectivity index (χ4n) is 3.21. The second-order valence-electron chi connectivity index (χ2n) is 7.81. The summed E-state index contributed by atoms with van der Waals surface area (Å²) < 4.78 is 0. The Morgan fingerprint density at radius 1 is 1.14 bits per heavy atom. The maximum Gasteiger partial charge on any atom is 0.303 e. The van der Waals surface area contributed by atoms with Gasteiger partial charge in [0.15, 0.2) is 0 Å². The molecule has 0 atom stereocenters. The number of carbonyl (C=O) groups is 1. The van der Waals surface area contributed by atoms with E-state index in [9.17, 15) is 9.90 Å². The summed E-state index contributed by atoms with van der Waals surface area (Å²) in [7, 11) is 0. The third kappa shape index (κ3) is 5.07. The maximum absolute atomic E-state index is 10.8. The van der Waals surface area contributed by atoms with E-state index in [4.69, 9.17) is 5.11 Å². The molecular weight excluding hydrogens is 264 g/mol. The van der Waals surface area contributed by atoms with E-state index in [-0.39, 0.29) is 17.3 Å². The number of aliphatic carboxylic acids is 1. The van der Waals surface area contributed by atoms with Crippen molar-refractivity contribution in [3.63, 3.8) is 0 Å². The van der Waals surface area contributed by atoms with E-state index in [1.54, 1.807) is 6.07 Å². The number of phenolic OH excluding ortho intramolecular Hbond substituents is 1. The van der Waals surface area contributed by atoms with Gasteiger partial charge in [-0.2, -0.15) is 0 Å². The normalized spacial score (nSPS) is 12.5. The number of aromatic hydroxyl groups is 1. The van der Waals surface area contributed by atoms with E-state index in [1.165, 1.54) is 0 Å². The topological polar surface area (TPSA) is 57.5 Å². The maximum atomic E-state index is 10.8. The molecule has 0 saturated heterocycles. The summed E-state index contributed by atoms with van der Waals surface area (Å²) >= 11 is 0. The average molecular weight is 292 g/mol. The van der Waals surface area contributed by atoms with Crippen LogP contribution < -0.4 is 0 Å². The van der Waals surface area contributed by atoms with Gasteiger partial charge in [-0.25, -0.2) is 0 Å². The first-order valence-corrected chi connectivity index (χ1v) is 7.47. The van der Waals surface area contributed by atoms with E-state index in [1.807, 2.05) is 13.0 Å². The van der Waals surface area contributed by atoms with Gasteiger partial charge in [0.25, 0.3) is 0 Å². The molecule has 3 heteroatoms. The zero-order valence-electron chi connectivity index (χ0n) is 14.1. The highest BCUT2D eigenvalue weighted by atomic mass is 16.4.